The number of rotatable bonds is 2. The summed E-state index contributed by atoms with van der Waals surface area (Å²) in [5.41, 5.74) is 0. The van der Waals surface area contributed by atoms with Gasteiger partial charge in [-0.15, -0.1) is 0 Å². The van der Waals surface area contributed by atoms with E-state index in [1.807, 2.05) is 0 Å². The fourth-order valence-electron chi connectivity index (χ4n) is 2.22. The first-order valence-corrected chi connectivity index (χ1v) is 5.77. The molecule has 6 heteroatoms. The molecule has 0 bridgehead atoms. The summed E-state index contributed by atoms with van der Waals surface area (Å²) in [5.74, 6) is -2.01. The summed E-state index contributed by atoms with van der Waals surface area (Å²) in [5, 5.41) is 8.85. The number of aliphatic carboxylic acids is 1. The van der Waals surface area contributed by atoms with Gasteiger partial charge in [0.05, 0.1) is 10.4 Å². The second-order valence-electron chi connectivity index (χ2n) is 4.01. The van der Waals surface area contributed by atoms with Gasteiger partial charge in [0.2, 0.25) is 0 Å². The van der Waals surface area contributed by atoms with Crippen LogP contribution in [0.25, 0.3) is 0 Å². The largest absolute Gasteiger partial charge is 0.481 e. The van der Waals surface area contributed by atoms with E-state index in [4.69, 9.17) is 5.11 Å². The van der Waals surface area contributed by atoms with Gasteiger partial charge in [0.25, 0.3) is 11.8 Å². The van der Waals surface area contributed by atoms with Crippen LogP contribution in [0.3, 0.4) is 0 Å². The maximum Gasteiger partial charge on any atom is 0.306 e. The summed E-state index contributed by atoms with van der Waals surface area (Å²) < 4.78 is 0.247. The van der Waals surface area contributed by atoms with Gasteiger partial charge >= 0.3 is 5.97 Å². The lowest BCUT2D eigenvalue weighted by Crippen LogP contribution is -2.39. The Bertz CT molecular complexity index is 404. The van der Waals surface area contributed by atoms with Crippen LogP contribution in [-0.4, -0.2) is 33.8 Å². The smallest absolute Gasteiger partial charge is 0.306 e. The molecule has 1 saturated carbocycles. The van der Waals surface area contributed by atoms with E-state index in [2.05, 4.69) is 15.9 Å². The van der Waals surface area contributed by atoms with Crippen LogP contribution in [0.1, 0.15) is 19.3 Å². The number of carboxylic acids is 1. The van der Waals surface area contributed by atoms with Gasteiger partial charge < -0.3 is 5.11 Å². The van der Waals surface area contributed by atoms with Crippen molar-refractivity contribution in [2.45, 2.75) is 25.3 Å². The Morgan fingerprint density at radius 3 is 2.56 bits per heavy atom. The van der Waals surface area contributed by atoms with E-state index in [0.29, 0.717) is 19.3 Å². The highest BCUT2D eigenvalue weighted by molar-refractivity contribution is 9.12. The topological polar surface area (TPSA) is 74.7 Å². The standard InChI is InChI=1S/C10H10BrNO4/c11-7-4-8(13)12(9(7)14)6-2-1-5(3-6)10(15)16/h4-6H,1-3H2,(H,15,16)/t5-,6+/m0/s1. The summed E-state index contributed by atoms with van der Waals surface area (Å²) in [4.78, 5) is 35.1. The maximum absolute atomic E-state index is 11.6. The highest BCUT2D eigenvalue weighted by Crippen LogP contribution is 2.33. The molecule has 0 unspecified atom stereocenters. The summed E-state index contributed by atoms with van der Waals surface area (Å²) in [7, 11) is 0. The molecular formula is C10H10BrNO4. The van der Waals surface area contributed by atoms with Crippen molar-refractivity contribution in [3.63, 3.8) is 0 Å². The minimum atomic E-state index is -0.853. The van der Waals surface area contributed by atoms with Crippen LogP contribution >= 0.6 is 15.9 Å². The van der Waals surface area contributed by atoms with Gasteiger partial charge in [-0.3, -0.25) is 19.3 Å². The molecule has 1 aliphatic heterocycles. The molecular weight excluding hydrogens is 278 g/mol. The molecule has 2 atom stereocenters. The third kappa shape index (κ3) is 1.77. The van der Waals surface area contributed by atoms with E-state index in [1.54, 1.807) is 0 Å². The summed E-state index contributed by atoms with van der Waals surface area (Å²) in [6, 6.07) is -0.271. The van der Waals surface area contributed by atoms with Crippen molar-refractivity contribution in [3.05, 3.63) is 10.6 Å². The number of hydrogen-bond acceptors (Lipinski definition) is 3. The average molecular weight is 288 g/mol. The number of carbonyl (C=O) groups is 3. The molecule has 0 spiro atoms. The second kappa shape index (κ2) is 4.01. The zero-order valence-electron chi connectivity index (χ0n) is 8.35. The molecule has 16 heavy (non-hydrogen) atoms. The van der Waals surface area contributed by atoms with E-state index < -0.39 is 11.9 Å². The van der Waals surface area contributed by atoms with Crippen molar-refractivity contribution in [1.82, 2.24) is 4.90 Å². The number of carbonyl (C=O) groups excluding carboxylic acids is 2. The van der Waals surface area contributed by atoms with Crippen LogP contribution < -0.4 is 0 Å². The number of amides is 2. The normalized spacial score (nSPS) is 29.8. The van der Waals surface area contributed by atoms with Gasteiger partial charge in [-0.1, -0.05) is 0 Å². The molecule has 86 valence electrons. The molecule has 2 rings (SSSR count). The van der Waals surface area contributed by atoms with Crippen molar-refractivity contribution in [2.75, 3.05) is 0 Å². The van der Waals surface area contributed by atoms with Crippen molar-refractivity contribution in [3.8, 4) is 0 Å². The first-order valence-electron chi connectivity index (χ1n) is 4.98. The molecule has 0 radical (unpaired) electrons. The van der Waals surface area contributed by atoms with Gasteiger partial charge in [-0.25, -0.2) is 0 Å². The monoisotopic (exact) mass is 287 g/mol. The van der Waals surface area contributed by atoms with Crippen molar-refractivity contribution >= 4 is 33.7 Å². The Labute approximate surface area is 100 Å². The maximum atomic E-state index is 11.6. The molecule has 1 heterocycles. The molecule has 0 aromatic rings. The van der Waals surface area contributed by atoms with Gasteiger partial charge in [0, 0.05) is 12.1 Å². The SMILES string of the molecule is O=C(O)[C@H]1CC[C@@H](N2C(=O)C=C(Br)C2=O)C1. The zero-order chi connectivity index (χ0) is 11.9. The fourth-order valence-corrected chi connectivity index (χ4v) is 2.60. The molecule has 0 saturated heterocycles. The molecule has 0 aromatic carbocycles. The molecule has 0 aromatic heterocycles. The number of halogens is 1. The summed E-state index contributed by atoms with van der Waals surface area (Å²) >= 11 is 3.01. The van der Waals surface area contributed by atoms with Crippen LogP contribution in [0.2, 0.25) is 0 Å². The zero-order valence-corrected chi connectivity index (χ0v) is 9.94. The molecule has 1 aliphatic carbocycles. The van der Waals surface area contributed by atoms with Crippen LogP contribution in [-0.2, 0) is 14.4 Å². The summed E-state index contributed by atoms with van der Waals surface area (Å²) in [6.45, 7) is 0. The van der Waals surface area contributed by atoms with Crippen LogP contribution in [0.15, 0.2) is 10.6 Å². The van der Waals surface area contributed by atoms with E-state index >= 15 is 0 Å². The Morgan fingerprint density at radius 2 is 2.12 bits per heavy atom. The predicted molar refractivity (Wildman–Crippen MR) is 57.6 cm³/mol. The van der Waals surface area contributed by atoms with E-state index in [1.165, 1.54) is 6.08 Å². The van der Waals surface area contributed by atoms with Gasteiger partial charge in [0.1, 0.15) is 0 Å². The third-order valence-corrected chi connectivity index (χ3v) is 3.60. The van der Waals surface area contributed by atoms with Crippen LogP contribution in [0, 0.1) is 5.92 Å². The van der Waals surface area contributed by atoms with Gasteiger partial charge in [0.15, 0.2) is 0 Å². The Hall–Kier alpha value is -1.17. The van der Waals surface area contributed by atoms with Gasteiger partial charge in [-0.05, 0) is 35.2 Å². The quantitative estimate of drug-likeness (QED) is 0.766. The summed E-state index contributed by atoms with van der Waals surface area (Å²) in [6.07, 6.45) is 2.69. The lowest BCUT2D eigenvalue weighted by molar-refractivity contribution is -0.143. The third-order valence-electron chi connectivity index (χ3n) is 3.03. The van der Waals surface area contributed by atoms with Crippen molar-refractivity contribution < 1.29 is 19.5 Å². The van der Waals surface area contributed by atoms with Gasteiger partial charge in [-0.2, -0.15) is 0 Å². The lowest BCUT2D eigenvalue weighted by atomic mass is 10.1. The predicted octanol–water partition coefficient (Wildman–Crippen LogP) is 0.887. The molecule has 2 aliphatic rings. The van der Waals surface area contributed by atoms with Crippen molar-refractivity contribution in [2.24, 2.45) is 5.92 Å². The highest BCUT2D eigenvalue weighted by atomic mass is 79.9. The van der Waals surface area contributed by atoms with E-state index in [9.17, 15) is 14.4 Å². The van der Waals surface area contributed by atoms with Crippen LogP contribution in [0.5, 0.6) is 0 Å². The fraction of sp³-hybridized carbons (Fsp3) is 0.500. The average Bonchev–Trinajstić information content (AvgIpc) is 2.74. The van der Waals surface area contributed by atoms with Crippen LogP contribution in [0.4, 0.5) is 0 Å². The first kappa shape index (κ1) is 11.3. The number of nitrogens with zero attached hydrogens (tertiary/aromatic N) is 1. The molecule has 5 nitrogen and oxygen atoms in total. The first-order chi connectivity index (χ1) is 7.50. The molecule has 2 amide bonds. The van der Waals surface area contributed by atoms with Crippen molar-refractivity contribution in [1.29, 1.82) is 0 Å². The molecule has 1 N–H and O–H groups in total. The number of imide groups is 1. The highest BCUT2D eigenvalue weighted by Gasteiger charge is 2.40. The van der Waals surface area contributed by atoms with E-state index in [-0.39, 0.29) is 22.3 Å². The minimum absolute atomic E-state index is 0.247. The Balaban J connectivity index is 2.09. The second-order valence-corrected chi connectivity index (χ2v) is 4.86. The lowest BCUT2D eigenvalue weighted by Gasteiger charge is -2.21. The Morgan fingerprint density at radius 1 is 1.44 bits per heavy atom. The minimum Gasteiger partial charge on any atom is -0.481 e. The molecule has 1 fully saturated rings. The Kier molecular flexibility index (Phi) is 2.84. The van der Waals surface area contributed by atoms with E-state index in [0.717, 1.165) is 4.90 Å². The number of hydrogen-bond donors (Lipinski definition) is 1. The number of carboxylic acid groups (broad SMARTS) is 1.